The first-order valence-electron chi connectivity index (χ1n) is 7.29. The van der Waals surface area contributed by atoms with Crippen LogP contribution in [0.15, 0.2) is 10.7 Å². The standard InChI is InChI=1S/C14H24N4O2/c1-10(2)8-11(15)13-17-12(9-20-13)14(19)18-6-3-4-16-5-7-18/h9-11,16H,3-8,15H2,1-2H3. The summed E-state index contributed by atoms with van der Waals surface area (Å²) in [6, 6.07) is -0.248. The summed E-state index contributed by atoms with van der Waals surface area (Å²) in [7, 11) is 0. The lowest BCUT2D eigenvalue weighted by Crippen LogP contribution is -2.34. The van der Waals surface area contributed by atoms with Gasteiger partial charge in [-0.05, 0) is 25.3 Å². The number of hydrogen-bond acceptors (Lipinski definition) is 5. The van der Waals surface area contributed by atoms with E-state index in [0.29, 0.717) is 24.0 Å². The summed E-state index contributed by atoms with van der Waals surface area (Å²) >= 11 is 0. The van der Waals surface area contributed by atoms with Crippen LogP contribution in [0.3, 0.4) is 0 Å². The molecule has 1 unspecified atom stereocenters. The molecule has 2 rings (SSSR count). The molecule has 6 heteroatoms. The lowest BCUT2D eigenvalue weighted by atomic mass is 10.0. The lowest BCUT2D eigenvalue weighted by molar-refractivity contribution is 0.0760. The molecule has 1 aromatic rings. The number of carbonyl (C=O) groups is 1. The van der Waals surface area contributed by atoms with Crippen LogP contribution >= 0.6 is 0 Å². The van der Waals surface area contributed by atoms with E-state index in [1.807, 2.05) is 4.90 Å². The first-order valence-corrected chi connectivity index (χ1v) is 7.29. The van der Waals surface area contributed by atoms with Crippen molar-refractivity contribution >= 4 is 5.91 Å². The maximum atomic E-state index is 12.3. The zero-order valence-corrected chi connectivity index (χ0v) is 12.3. The van der Waals surface area contributed by atoms with E-state index in [4.69, 9.17) is 10.2 Å². The number of amides is 1. The van der Waals surface area contributed by atoms with E-state index in [1.165, 1.54) is 6.26 Å². The van der Waals surface area contributed by atoms with Gasteiger partial charge in [-0.1, -0.05) is 13.8 Å². The molecule has 0 aliphatic carbocycles. The van der Waals surface area contributed by atoms with E-state index in [9.17, 15) is 4.79 Å². The molecule has 0 aromatic carbocycles. The third-order valence-electron chi connectivity index (χ3n) is 3.41. The highest BCUT2D eigenvalue weighted by Crippen LogP contribution is 2.18. The van der Waals surface area contributed by atoms with E-state index < -0.39 is 0 Å². The molecule has 6 nitrogen and oxygen atoms in total. The molecule has 0 spiro atoms. The molecule has 2 heterocycles. The summed E-state index contributed by atoms with van der Waals surface area (Å²) in [5, 5.41) is 3.27. The summed E-state index contributed by atoms with van der Waals surface area (Å²) in [6.07, 6.45) is 3.18. The molecule has 1 aromatic heterocycles. The van der Waals surface area contributed by atoms with Crippen molar-refractivity contribution in [2.24, 2.45) is 11.7 Å². The second-order valence-electron chi connectivity index (χ2n) is 5.70. The van der Waals surface area contributed by atoms with Crippen LogP contribution in [0.25, 0.3) is 0 Å². The fourth-order valence-electron chi connectivity index (χ4n) is 2.38. The number of oxazole rings is 1. The Labute approximate surface area is 119 Å². The van der Waals surface area contributed by atoms with Gasteiger partial charge in [0.15, 0.2) is 5.69 Å². The molecule has 1 amide bonds. The van der Waals surface area contributed by atoms with Crippen molar-refractivity contribution in [3.63, 3.8) is 0 Å². The highest BCUT2D eigenvalue weighted by atomic mass is 16.3. The summed E-state index contributed by atoms with van der Waals surface area (Å²) < 4.78 is 5.37. The topological polar surface area (TPSA) is 84.4 Å². The van der Waals surface area contributed by atoms with Crippen molar-refractivity contribution in [1.82, 2.24) is 15.2 Å². The van der Waals surface area contributed by atoms with Crippen LogP contribution in [0.5, 0.6) is 0 Å². The van der Waals surface area contributed by atoms with Crippen LogP contribution in [-0.2, 0) is 0 Å². The molecule has 3 N–H and O–H groups in total. The number of carbonyl (C=O) groups excluding carboxylic acids is 1. The van der Waals surface area contributed by atoms with Crippen LogP contribution < -0.4 is 11.1 Å². The maximum absolute atomic E-state index is 12.3. The summed E-state index contributed by atoms with van der Waals surface area (Å²) in [5.41, 5.74) is 6.38. The van der Waals surface area contributed by atoms with Gasteiger partial charge in [0.2, 0.25) is 5.89 Å². The third-order valence-corrected chi connectivity index (χ3v) is 3.41. The second kappa shape index (κ2) is 6.85. The minimum Gasteiger partial charge on any atom is -0.446 e. The summed E-state index contributed by atoms with van der Waals surface area (Å²) in [6.45, 7) is 7.43. The first kappa shape index (κ1) is 15.0. The van der Waals surface area contributed by atoms with E-state index >= 15 is 0 Å². The van der Waals surface area contributed by atoms with Crippen molar-refractivity contribution in [3.05, 3.63) is 17.8 Å². The minimum atomic E-state index is -0.248. The van der Waals surface area contributed by atoms with Gasteiger partial charge in [-0.25, -0.2) is 4.98 Å². The second-order valence-corrected chi connectivity index (χ2v) is 5.70. The highest BCUT2D eigenvalue weighted by molar-refractivity contribution is 5.92. The van der Waals surface area contributed by atoms with Gasteiger partial charge < -0.3 is 20.4 Å². The zero-order chi connectivity index (χ0) is 14.5. The molecule has 20 heavy (non-hydrogen) atoms. The Morgan fingerprint density at radius 1 is 1.50 bits per heavy atom. The zero-order valence-electron chi connectivity index (χ0n) is 12.3. The molecular weight excluding hydrogens is 256 g/mol. The van der Waals surface area contributed by atoms with Gasteiger partial charge in [-0.2, -0.15) is 0 Å². The van der Waals surface area contributed by atoms with E-state index in [2.05, 4.69) is 24.1 Å². The average Bonchev–Trinajstić information content (AvgIpc) is 2.73. The van der Waals surface area contributed by atoms with Crippen LogP contribution in [0.1, 0.15) is 49.1 Å². The monoisotopic (exact) mass is 280 g/mol. The first-order chi connectivity index (χ1) is 9.58. The number of nitrogens with one attached hydrogen (secondary N) is 1. The average molecular weight is 280 g/mol. The van der Waals surface area contributed by atoms with Crippen molar-refractivity contribution in [3.8, 4) is 0 Å². The molecule has 0 radical (unpaired) electrons. The van der Waals surface area contributed by atoms with Crippen molar-refractivity contribution in [1.29, 1.82) is 0 Å². The number of nitrogens with zero attached hydrogens (tertiary/aromatic N) is 2. The van der Waals surface area contributed by atoms with Crippen LogP contribution in [-0.4, -0.2) is 42.0 Å². The number of aromatic nitrogens is 1. The molecule has 1 fully saturated rings. The van der Waals surface area contributed by atoms with Crippen molar-refractivity contribution in [2.45, 2.75) is 32.7 Å². The third kappa shape index (κ3) is 3.80. The van der Waals surface area contributed by atoms with E-state index in [0.717, 1.165) is 32.5 Å². The minimum absolute atomic E-state index is 0.0690. The Hall–Kier alpha value is -1.40. The molecule has 0 bridgehead atoms. The number of rotatable bonds is 4. The molecule has 112 valence electrons. The molecule has 1 aliphatic rings. The molecule has 0 saturated carbocycles. The fraction of sp³-hybridized carbons (Fsp3) is 0.714. The normalized spacial score (nSPS) is 18.1. The Morgan fingerprint density at radius 2 is 2.30 bits per heavy atom. The highest BCUT2D eigenvalue weighted by Gasteiger charge is 2.22. The van der Waals surface area contributed by atoms with Crippen molar-refractivity contribution in [2.75, 3.05) is 26.2 Å². The van der Waals surface area contributed by atoms with Gasteiger partial charge in [-0.3, -0.25) is 4.79 Å². The Kier molecular flexibility index (Phi) is 5.14. The molecule has 1 aliphatic heterocycles. The summed E-state index contributed by atoms with van der Waals surface area (Å²) in [5.74, 6) is 0.850. The fourth-order valence-corrected chi connectivity index (χ4v) is 2.38. The quantitative estimate of drug-likeness (QED) is 0.864. The molecule has 1 atom stereocenters. The van der Waals surface area contributed by atoms with Gasteiger partial charge in [0.05, 0.1) is 6.04 Å². The predicted molar refractivity (Wildman–Crippen MR) is 76.3 cm³/mol. The van der Waals surface area contributed by atoms with Gasteiger partial charge in [0, 0.05) is 19.6 Å². The van der Waals surface area contributed by atoms with Crippen LogP contribution in [0.4, 0.5) is 0 Å². The van der Waals surface area contributed by atoms with Crippen LogP contribution in [0.2, 0.25) is 0 Å². The van der Waals surface area contributed by atoms with Crippen LogP contribution in [0, 0.1) is 5.92 Å². The largest absolute Gasteiger partial charge is 0.446 e. The Morgan fingerprint density at radius 3 is 3.05 bits per heavy atom. The predicted octanol–water partition coefficient (Wildman–Crippen LogP) is 1.16. The Balaban J connectivity index is 2.01. The van der Waals surface area contributed by atoms with E-state index in [-0.39, 0.29) is 11.9 Å². The van der Waals surface area contributed by atoms with E-state index in [1.54, 1.807) is 0 Å². The number of hydrogen-bond donors (Lipinski definition) is 2. The molecule has 1 saturated heterocycles. The lowest BCUT2D eigenvalue weighted by Gasteiger charge is -2.18. The Bertz CT molecular complexity index is 436. The smallest absolute Gasteiger partial charge is 0.275 e. The van der Waals surface area contributed by atoms with Crippen molar-refractivity contribution < 1.29 is 9.21 Å². The van der Waals surface area contributed by atoms with Gasteiger partial charge in [0.25, 0.3) is 5.91 Å². The maximum Gasteiger partial charge on any atom is 0.275 e. The molecular formula is C14H24N4O2. The number of nitrogens with two attached hydrogens (primary N) is 1. The SMILES string of the molecule is CC(C)CC(N)c1nc(C(=O)N2CCCNCC2)co1. The summed E-state index contributed by atoms with van der Waals surface area (Å²) in [4.78, 5) is 18.4. The van der Waals surface area contributed by atoms with Gasteiger partial charge >= 0.3 is 0 Å². The van der Waals surface area contributed by atoms with Gasteiger partial charge in [-0.15, -0.1) is 0 Å². The van der Waals surface area contributed by atoms with Gasteiger partial charge in [0.1, 0.15) is 6.26 Å².